The summed E-state index contributed by atoms with van der Waals surface area (Å²) in [5.74, 6) is 0. The van der Waals surface area contributed by atoms with E-state index in [0.717, 1.165) is 60.8 Å². The van der Waals surface area contributed by atoms with Gasteiger partial charge in [-0.1, -0.05) is 6.92 Å². The quantitative estimate of drug-likeness (QED) is 0.654. The minimum absolute atomic E-state index is 0.0415. The van der Waals surface area contributed by atoms with Gasteiger partial charge >= 0.3 is 0 Å². The Morgan fingerprint density at radius 3 is 2.57 bits per heavy atom. The molecule has 0 atom stereocenters. The van der Waals surface area contributed by atoms with Crippen LogP contribution in [-0.4, -0.2) is 29.0 Å². The normalized spacial score (nSPS) is 17.1. The Morgan fingerprint density at radius 2 is 2.00 bits per heavy atom. The van der Waals surface area contributed by atoms with E-state index in [-0.39, 0.29) is 17.0 Å². The third-order valence-corrected chi connectivity index (χ3v) is 7.55. The first-order valence-corrected chi connectivity index (χ1v) is 11.9. The number of aryl methyl sites for hydroxylation is 1. The molecule has 1 N–H and O–H groups in total. The van der Waals surface area contributed by atoms with E-state index in [0.29, 0.717) is 11.3 Å². The number of nitrogens with one attached hydrogen (secondary N) is 1. The number of sulfonamides is 1. The van der Waals surface area contributed by atoms with E-state index in [9.17, 15) is 13.7 Å². The number of nitrogens with zero attached hydrogens (tertiary/aromatic N) is 4. The fraction of sp³-hybridized carbons (Fsp3) is 0.409. The molecule has 0 unspecified atom stereocenters. The number of aromatic nitrogens is 3. The van der Waals surface area contributed by atoms with Crippen molar-refractivity contribution >= 4 is 21.1 Å². The summed E-state index contributed by atoms with van der Waals surface area (Å²) in [6, 6.07) is 8.00. The van der Waals surface area contributed by atoms with E-state index in [4.69, 9.17) is 0 Å². The molecule has 2 aliphatic carbocycles. The molecule has 5 rings (SSSR count). The Hall–Kier alpha value is -2.76. The van der Waals surface area contributed by atoms with E-state index in [2.05, 4.69) is 32.3 Å². The second-order valence-corrected chi connectivity index (χ2v) is 9.85. The van der Waals surface area contributed by atoms with Crippen LogP contribution in [0.2, 0.25) is 0 Å². The summed E-state index contributed by atoms with van der Waals surface area (Å²) in [6.07, 6.45) is 9.08. The summed E-state index contributed by atoms with van der Waals surface area (Å²) in [6.45, 7) is 2.06. The second-order valence-electron chi connectivity index (χ2n) is 8.13. The predicted molar refractivity (Wildman–Crippen MR) is 113 cm³/mol. The lowest BCUT2D eigenvalue weighted by Gasteiger charge is -2.29. The lowest BCUT2D eigenvalue weighted by atomic mass is 9.92. The number of pyridine rings is 2. The summed E-state index contributed by atoms with van der Waals surface area (Å²) in [5.41, 5.74) is 3.77. The molecule has 0 aromatic carbocycles. The Kier molecular flexibility index (Phi) is 4.60. The number of nitriles is 1. The van der Waals surface area contributed by atoms with E-state index in [1.54, 1.807) is 12.1 Å². The van der Waals surface area contributed by atoms with E-state index in [1.807, 2.05) is 12.3 Å². The Labute approximate surface area is 175 Å². The highest BCUT2D eigenvalue weighted by atomic mass is 32.2. The minimum Gasteiger partial charge on any atom is -0.320 e. The van der Waals surface area contributed by atoms with Crippen molar-refractivity contribution in [2.24, 2.45) is 0 Å². The van der Waals surface area contributed by atoms with Gasteiger partial charge in [0.05, 0.1) is 17.0 Å². The third kappa shape index (κ3) is 3.18. The van der Waals surface area contributed by atoms with Crippen molar-refractivity contribution in [3.63, 3.8) is 0 Å². The molecule has 7 nitrogen and oxygen atoms in total. The maximum atomic E-state index is 12.5. The fourth-order valence-corrected chi connectivity index (χ4v) is 5.21. The maximum Gasteiger partial charge on any atom is 0.242 e. The first-order chi connectivity index (χ1) is 14.5. The first kappa shape index (κ1) is 19.2. The predicted octanol–water partition coefficient (Wildman–Crippen LogP) is 3.70. The van der Waals surface area contributed by atoms with Gasteiger partial charge in [-0.05, 0) is 62.3 Å². The van der Waals surface area contributed by atoms with Crippen LogP contribution in [-0.2, 0) is 16.4 Å². The Morgan fingerprint density at radius 1 is 1.20 bits per heavy atom. The van der Waals surface area contributed by atoms with Gasteiger partial charge in [-0.2, -0.15) is 5.26 Å². The molecule has 2 fully saturated rings. The second kappa shape index (κ2) is 7.18. The van der Waals surface area contributed by atoms with Crippen molar-refractivity contribution in [3.8, 4) is 17.5 Å². The summed E-state index contributed by atoms with van der Waals surface area (Å²) in [7, 11) is -3.56. The molecule has 0 bridgehead atoms. The van der Waals surface area contributed by atoms with Crippen LogP contribution in [0.5, 0.6) is 0 Å². The molecule has 30 heavy (non-hydrogen) atoms. The molecule has 8 heteroatoms. The smallest absolute Gasteiger partial charge is 0.242 e. The van der Waals surface area contributed by atoms with Crippen LogP contribution in [0, 0.1) is 11.3 Å². The van der Waals surface area contributed by atoms with Crippen LogP contribution in [0.3, 0.4) is 0 Å². The topological polar surface area (TPSA) is 101 Å². The van der Waals surface area contributed by atoms with Gasteiger partial charge < -0.3 is 4.57 Å². The average molecular weight is 422 g/mol. The zero-order valence-electron chi connectivity index (χ0n) is 16.8. The van der Waals surface area contributed by atoms with Gasteiger partial charge in [0.1, 0.15) is 16.6 Å². The molecule has 0 spiro atoms. The SMILES string of the molecule is CCc1cnc2c(c1)c(C#N)c(-c1ccc(S(=O)(=O)NC3CC3)cn1)n2C1CCC1. The fourth-order valence-electron chi connectivity index (χ4n) is 3.96. The zero-order chi connectivity index (χ0) is 20.9. The van der Waals surface area contributed by atoms with Gasteiger partial charge in [0, 0.05) is 29.9 Å². The van der Waals surface area contributed by atoms with Crippen molar-refractivity contribution in [2.45, 2.75) is 62.4 Å². The molecule has 3 aromatic heterocycles. The van der Waals surface area contributed by atoms with Crippen LogP contribution in [0.15, 0.2) is 35.5 Å². The number of hydrogen-bond acceptors (Lipinski definition) is 5. The summed E-state index contributed by atoms with van der Waals surface area (Å²) in [4.78, 5) is 9.30. The average Bonchev–Trinajstić information content (AvgIpc) is 3.46. The molecule has 2 aliphatic rings. The van der Waals surface area contributed by atoms with Crippen LogP contribution in [0.25, 0.3) is 22.4 Å². The molecule has 0 amide bonds. The molecular weight excluding hydrogens is 398 g/mol. The number of fused-ring (bicyclic) bond motifs is 1. The molecule has 3 aromatic rings. The van der Waals surface area contributed by atoms with Gasteiger partial charge in [-0.25, -0.2) is 18.1 Å². The molecule has 0 aliphatic heterocycles. The standard InChI is InChI=1S/C22H23N5O2S/c1-2-14-10-18-19(11-23)21(27(16-4-3-5-16)22(18)25-12-14)20-9-8-17(13-24-20)30(28,29)26-15-6-7-15/h8-10,12-13,15-16,26H,2-7H2,1H3. The lowest BCUT2D eigenvalue weighted by Crippen LogP contribution is -2.25. The lowest BCUT2D eigenvalue weighted by molar-refractivity contribution is 0.322. The third-order valence-electron chi connectivity index (χ3n) is 6.05. The maximum absolute atomic E-state index is 12.5. The Bertz CT molecular complexity index is 1260. The molecule has 0 radical (unpaired) electrons. The monoisotopic (exact) mass is 421 g/mol. The van der Waals surface area contributed by atoms with Gasteiger partial charge in [0.25, 0.3) is 0 Å². The number of hydrogen-bond donors (Lipinski definition) is 1. The van der Waals surface area contributed by atoms with Crippen molar-refractivity contribution in [3.05, 3.63) is 41.7 Å². The van der Waals surface area contributed by atoms with Gasteiger partial charge in [-0.3, -0.25) is 4.98 Å². The molecule has 3 heterocycles. The summed E-state index contributed by atoms with van der Waals surface area (Å²) >= 11 is 0. The van der Waals surface area contributed by atoms with Gasteiger partial charge in [0.2, 0.25) is 10.0 Å². The van der Waals surface area contributed by atoms with E-state index in [1.165, 1.54) is 6.20 Å². The summed E-state index contributed by atoms with van der Waals surface area (Å²) < 4.78 is 29.8. The van der Waals surface area contributed by atoms with Crippen LogP contribution in [0.1, 0.15) is 56.2 Å². The molecule has 2 saturated carbocycles. The van der Waals surface area contributed by atoms with Gasteiger partial charge in [-0.15, -0.1) is 0 Å². The highest BCUT2D eigenvalue weighted by Crippen LogP contribution is 2.41. The van der Waals surface area contributed by atoms with Crippen LogP contribution >= 0.6 is 0 Å². The van der Waals surface area contributed by atoms with Crippen molar-refractivity contribution in [1.82, 2.24) is 19.3 Å². The molecular formula is C22H23N5O2S. The first-order valence-electron chi connectivity index (χ1n) is 10.4. The van der Waals surface area contributed by atoms with Crippen molar-refractivity contribution in [2.75, 3.05) is 0 Å². The summed E-state index contributed by atoms with van der Waals surface area (Å²) in [5, 5.41) is 10.8. The van der Waals surface area contributed by atoms with E-state index < -0.39 is 10.0 Å². The molecule has 0 saturated heterocycles. The Balaban J connectivity index is 1.65. The highest BCUT2D eigenvalue weighted by molar-refractivity contribution is 7.89. The number of rotatable bonds is 6. The minimum atomic E-state index is -3.56. The van der Waals surface area contributed by atoms with Crippen molar-refractivity contribution < 1.29 is 8.42 Å². The highest BCUT2D eigenvalue weighted by Gasteiger charge is 2.30. The molecule has 154 valence electrons. The van der Waals surface area contributed by atoms with Gasteiger partial charge in [0.15, 0.2) is 0 Å². The van der Waals surface area contributed by atoms with Crippen LogP contribution < -0.4 is 4.72 Å². The largest absolute Gasteiger partial charge is 0.320 e. The van der Waals surface area contributed by atoms with Crippen LogP contribution in [0.4, 0.5) is 0 Å². The zero-order valence-corrected chi connectivity index (χ0v) is 17.6. The van der Waals surface area contributed by atoms with Crippen molar-refractivity contribution in [1.29, 1.82) is 5.26 Å². The van der Waals surface area contributed by atoms with E-state index >= 15 is 0 Å².